The zero-order chi connectivity index (χ0) is 19.8. The average molecular weight is 389 g/mol. The highest BCUT2D eigenvalue weighted by molar-refractivity contribution is 6.30. The van der Waals surface area contributed by atoms with Gasteiger partial charge in [-0.3, -0.25) is 9.59 Å². The smallest absolute Gasteiger partial charge is 0.261 e. The summed E-state index contributed by atoms with van der Waals surface area (Å²) in [5.74, 6) is 0.0390. The summed E-state index contributed by atoms with van der Waals surface area (Å²) in [6, 6.07) is 15.8. The van der Waals surface area contributed by atoms with Gasteiger partial charge in [-0.25, -0.2) is 0 Å². The molecule has 0 saturated carbocycles. The molecule has 0 fully saturated rings. The van der Waals surface area contributed by atoms with Crippen molar-refractivity contribution in [3.8, 4) is 5.75 Å². The second-order valence-electron chi connectivity index (χ2n) is 6.59. The highest BCUT2D eigenvalue weighted by atomic mass is 35.5. The predicted octanol–water partition coefficient (Wildman–Crippen LogP) is 3.66. The Morgan fingerprint density at radius 2 is 1.78 bits per heavy atom. The molecule has 0 heterocycles. The summed E-state index contributed by atoms with van der Waals surface area (Å²) in [6.07, 6.45) is 0. The van der Waals surface area contributed by atoms with Crippen LogP contribution < -0.4 is 10.1 Å². The van der Waals surface area contributed by atoms with Crippen LogP contribution in [-0.4, -0.2) is 35.4 Å². The first-order valence-corrected chi connectivity index (χ1v) is 9.26. The molecule has 1 N–H and O–H groups in total. The fraction of sp³-hybridized carbons (Fsp3) is 0.333. The average Bonchev–Trinajstić information content (AvgIpc) is 2.64. The molecule has 0 saturated heterocycles. The molecule has 0 aromatic heterocycles. The molecule has 0 radical (unpaired) electrons. The molecule has 2 rings (SSSR count). The molecule has 144 valence electrons. The number of benzene rings is 2. The van der Waals surface area contributed by atoms with Crippen molar-refractivity contribution in [3.63, 3.8) is 0 Å². The number of hydrogen-bond donors (Lipinski definition) is 1. The van der Waals surface area contributed by atoms with Crippen LogP contribution in [0.1, 0.15) is 26.3 Å². The minimum atomic E-state index is -0.622. The molecule has 0 bridgehead atoms. The molecule has 2 amide bonds. The van der Waals surface area contributed by atoms with E-state index in [0.717, 1.165) is 5.56 Å². The number of hydrogen-bond acceptors (Lipinski definition) is 3. The van der Waals surface area contributed by atoms with Crippen LogP contribution >= 0.6 is 11.6 Å². The molecule has 0 aliphatic heterocycles. The van der Waals surface area contributed by atoms with Gasteiger partial charge in [0.15, 0.2) is 6.61 Å². The quantitative estimate of drug-likeness (QED) is 0.750. The number of halogens is 1. The monoisotopic (exact) mass is 388 g/mol. The molecule has 0 aliphatic carbocycles. The van der Waals surface area contributed by atoms with Gasteiger partial charge in [-0.1, -0.05) is 48.0 Å². The van der Waals surface area contributed by atoms with Crippen LogP contribution in [0.5, 0.6) is 5.75 Å². The molecular weight excluding hydrogens is 364 g/mol. The highest BCUT2D eigenvalue weighted by Gasteiger charge is 2.26. The maximum atomic E-state index is 12.8. The second-order valence-corrected chi connectivity index (χ2v) is 7.03. The summed E-state index contributed by atoms with van der Waals surface area (Å²) in [7, 11) is 0. The van der Waals surface area contributed by atoms with Gasteiger partial charge in [0, 0.05) is 17.6 Å². The Balaban J connectivity index is 2.11. The first kappa shape index (κ1) is 20.8. The molecule has 6 heteroatoms. The van der Waals surface area contributed by atoms with E-state index in [-0.39, 0.29) is 24.5 Å². The summed E-state index contributed by atoms with van der Waals surface area (Å²) in [5.41, 5.74) is 0.942. The van der Waals surface area contributed by atoms with Crippen molar-refractivity contribution in [1.29, 1.82) is 0 Å². The van der Waals surface area contributed by atoms with Gasteiger partial charge in [-0.2, -0.15) is 0 Å². The SMILES string of the molecule is CC(C)NC(=O)C(C)N(Cc1ccccc1)C(=O)COc1cccc(Cl)c1. The lowest BCUT2D eigenvalue weighted by atomic mass is 10.1. The van der Waals surface area contributed by atoms with Gasteiger partial charge in [0.1, 0.15) is 11.8 Å². The van der Waals surface area contributed by atoms with Crippen molar-refractivity contribution in [2.24, 2.45) is 0 Å². The van der Waals surface area contributed by atoms with Crippen LogP contribution in [0.15, 0.2) is 54.6 Å². The molecular formula is C21H25ClN2O3. The predicted molar refractivity (Wildman–Crippen MR) is 107 cm³/mol. The van der Waals surface area contributed by atoms with Gasteiger partial charge in [0.2, 0.25) is 5.91 Å². The third-order valence-corrected chi connectivity index (χ3v) is 4.19. The van der Waals surface area contributed by atoms with Gasteiger partial charge in [-0.05, 0) is 44.5 Å². The van der Waals surface area contributed by atoms with Gasteiger partial charge >= 0.3 is 0 Å². The molecule has 2 aromatic rings. The van der Waals surface area contributed by atoms with Crippen LogP contribution in [0, 0.1) is 0 Å². The van der Waals surface area contributed by atoms with E-state index < -0.39 is 6.04 Å². The number of nitrogens with zero attached hydrogens (tertiary/aromatic N) is 1. The minimum Gasteiger partial charge on any atom is -0.484 e. The van der Waals surface area contributed by atoms with Crippen molar-refractivity contribution in [3.05, 3.63) is 65.2 Å². The van der Waals surface area contributed by atoms with Crippen LogP contribution in [-0.2, 0) is 16.1 Å². The summed E-state index contributed by atoms with van der Waals surface area (Å²) in [4.78, 5) is 26.8. The zero-order valence-electron chi connectivity index (χ0n) is 15.8. The molecule has 2 aromatic carbocycles. The van der Waals surface area contributed by atoms with Gasteiger partial charge in [-0.15, -0.1) is 0 Å². The van der Waals surface area contributed by atoms with Crippen molar-refractivity contribution in [2.45, 2.75) is 39.4 Å². The summed E-state index contributed by atoms with van der Waals surface area (Å²) < 4.78 is 5.57. The van der Waals surface area contributed by atoms with Gasteiger partial charge in [0.05, 0.1) is 0 Å². The Labute approximate surface area is 165 Å². The number of rotatable bonds is 8. The minimum absolute atomic E-state index is 0.00339. The molecule has 0 aliphatic rings. The standard InChI is InChI=1S/C21H25ClN2O3/c1-15(2)23-21(26)16(3)24(13-17-8-5-4-6-9-17)20(25)14-27-19-11-7-10-18(22)12-19/h4-12,15-16H,13-14H2,1-3H3,(H,23,26). The van der Waals surface area contributed by atoms with E-state index in [0.29, 0.717) is 17.3 Å². The van der Waals surface area contributed by atoms with Crippen molar-refractivity contribution < 1.29 is 14.3 Å². The van der Waals surface area contributed by atoms with Crippen LogP contribution in [0.4, 0.5) is 0 Å². The third-order valence-electron chi connectivity index (χ3n) is 3.95. The highest BCUT2D eigenvalue weighted by Crippen LogP contribution is 2.17. The summed E-state index contributed by atoms with van der Waals surface area (Å²) in [5, 5.41) is 3.39. The van der Waals surface area contributed by atoms with E-state index in [1.807, 2.05) is 44.2 Å². The normalized spacial score (nSPS) is 11.7. The van der Waals surface area contributed by atoms with Gasteiger partial charge in [0.25, 0.3) is 5.91 Å². The number of carbonyl (C=O) groups excluding carboxylic acids is 2. The van der Waals surface area contributed by atoms with Gasteiger partial charge < -0.3 is 15.0 Å². The molecule has 1 unspecified atom stereocenters. The maximum absolute atomic E-state index is 12.8. The summed E-state index contributed by atoms with van der Waals surface area (Å²) in [6.45, 7) is 5.64. The maximum Gasteiger partial charge on any atom is 0.261 e. The van der Waals surface area contributed by atoms with Crippen LogP contribution in [0.3, 0.4) is 0 Å². The summed E-state index contributed by atoms with van der Waals surface area (Å²) >= 11 is 5.94. The second kappa shape index (κ2) is 9.97. The van der Waals surface area contributed by atoms with E-state index in [2.05, 4.69) is 5.32 Å². The first-order valence-electron chi connectivity index (χ1n) is 8.89. The number of amides is 2. The lowest BCUT2D eigenvalue weighted by Gasteiger charge is -2.29. The molecule has 5 nitrogen and oxygen atoms in total. The van der Waals surface area contributed by atoms with E-state index in [1.165, 1.54) is 4.90 Å². The van der Waals surface area contributed by atoms with Crippen LogP contribution in [0.25, 0.3) is 0 Å². The molecule has 1 atom stereocenters. The van der Waals surface area contributed by atoms with E-state index in [9.17, 15) is 9.59 Å². The largest absolute Gasteiger partial charge is 0.484 e. The Morgan fingerprint density at radius 1 is 1.07 bits per heavy atom. The first-order chi connectivity index (χ1) is 12.9. The van der Waals surface area contributed by atoms with E-state index in [4.69, 9.17) is 16.3 Å². The van der Waals surface area contributed by atoms with E-state index >= 15 is 0 Å². The Morgan fingerprint density at radius 3 is 2.41 bits per heavy atom. The van der Waals surface area contributed by atoms with Crippen molar-refractivity contribution >= 4 is 23.4 Å². The number of ether oxygens (including phenoxy) is 1. The fourth-order valence-corrected chi connectivity index (χ4v) is 2.73. The fourth-order valence-electron chi connectivity index (χ4n) is 2.55. The number of carbonyl (C=O) groups is 2. The topological polar surface area (TPSA) is 58.6 Å². The molecule has 27 heavy (non-hydrogen) atoms. The number of nitrogens with one attached hydrogen (secondary N) is 1. The lowest BCUT2D eigenvalue weighted by Crippen LogP contribution is -2.50. The Kier molecular flexibility index (Phi) is 7.67. The lowest BCUT2D eigenvalue weighted by molar-refractivity contribution is -0.142. The van der Waals surface area contributed by atoms with Crippen molar-refractivity contribution in [1.82, 2.24) is 10.2 Å². The Hall–Kier alpha value is -2.53. The van der Waals surface area contributed by atoms with Crippen LogP contribution in [0.2, 0.25) is 5.02 Å². The Bertz CT molecular complexity index is 765. The van der Waals surface area contributed by atoms with Crippen molar-refractivity contribution in [2.75, 3.05) is 6.61 Å². The zero-order valence-corrected chi connectivity index (χ0v) is 16.6. The third kappa shape index (κ3) is 6.61. The molecule has 0 spiro atoms. The van der Waals surface area contributed by atoms with E-state index in [1.54, 1.807) is 31.2 Å².